The van der Waals surface area contributed by atoms with Gasteiger partial charge in [-0.2, -0.15) is 0 Å². The number of hydrogen-bond donors (Lipinski definition) is 4. The van der Waals surface area contributed by atoms with Gasteiger partial charge in [-0.05, 0) is 32.5 Å². The highest BCUT2D eigenvalue weighted by Gasteiger charge is 2.34. The van der Waals surface area contributed by atoms with Crippen LogP contribution in [0.15, 0.2) is 84.9 Å². The molecule has 1 saturated heterocycles. The molecule has 8 heteroatoms. The highest BCUT2D eigenvalue weighted by Crippen LogP contribution is 2.22. The van der Waals surface area contributed by atoms with Crippen LogP contribution in [-0.2, 0) is 9.31 Å². The molecule has 4 N–H and O–H groups in total. The minimum absolute atomic E-state index is 0.0451. The van der Waals surface area contributed by atoms with Gasteiger partial charge in [0.25, 0.3) is 0 Å². The van der Waals surface area contributed by atoms with Gasteiger partial charge in [-0.25, -0.2) is 0 Å². The first-order valence-electron chi connectivity index (χ1n) is 12.8. The van der Waals surface area contributed by atoms with Crippen LogP contribution in [0.1, 0.15) is 27.7 Å². The van der Waals surface area contributed by atoms with Crippen molar-refractivity contribution in [2.24, 2.45) is 10.8 Å². The highest BCUT2D eigenvalue weighted by atomic mass is 16.6. The molecule has 0 bridgehead atoms. The number of benzene rings is 4. The predicted octanol–water partition coefficient (Wildman–Crippen LogP) is 3.12. The van der Waals surface area contributed by atoms with Crippen LogP contribution in [0.2, 0.25) is 0 Å². The molecule has 5 rings (SSSR count). The van der Waals surface area contributed by atoms with Gasteiger partial charge in [-0.15, -0.1) is 0 Å². The summed E-state index contributed by atoms with van der Waals surface area (Å²) in [6.45, 7) is 9.48. The second-order valence-electron chi connectivity index (χ2n) is 11.1. The van der Waals surface area contributed by atoms with Crippen LogP contribution in [0.5, 0.6) is 0 Å². The molecule has 4 aromatic carbocycles. The molecule has 4 aromatic rings. The number of aliphatic hydroxyl groups excluding tert-OH is 2. The SMILES string of the molecule is CC(C)(CO)CO.CC1(C)COB(c2cccc3ccccc23)OC1.OB(O)c1cccc2ccccc12. The van der Waals surface area contributed by atoms with E-state index in [1.807, 2.05) is 36.4 Å². The Morgan fingerprint density at radius 1 is 0.737 bits per heavy atom. The lowest BCUT2D eigenvalue weighted by atomic mass is 9.73. The van der Waals surface area contributed by atoms with Crippen molar-refractivity contribution < 1.29 is 29.6 Å². The molecule has 1 heterocycles. The van der Waals surface area contributed by atoms with Crippen molar-refractivity contribution in [3.8, 4) is 0 Å². The molecule has 0 aliphatic carbocycles. The molecule has 0 saturated carbocycles. The number of aliphatic hydroxyl groups is 2. The summed E-state index contributed by atoms with van der Waals surface area (Å²) in [7, 11) is -1.63. The van der Waals surface area contributed by atoms with E-state index in [0.717, 1.165) is 29.4 Å². The molecule has 200 valence electrons. The summed E-state index contributed by atoms with van der Waals surface area (Å²) >= 11 is 0. The number of hydrogen-bond acceptors (Lipinski definition) is 6. The van der Waals surface area contributed by atoms with E-state index in [1.165, 1.54) is 10.8 Å². The summed E-state index contributed by atoms with van der Waals surface area (Å²) in [5.74, 6) is 0. The highest BCUT2D eigenvalue weighted by molar-refractivity contribution is 6.64. The Balaban J connectivity index is 0.000000175. The topological polar surface area (TPSA) is 99.4 Å². The lowest BCUT2D eigenvalue weighted by Gasteiger charge is -2.33. The molecule has 0 aromatic heterocycles. The maximum Gasteiger partial charge on any atom is 0.494 e. The molecule has 1 fully saturated rings. The minimum Gasteiger partial charge on any atom is -0.423 e. The summed E-state index contributed by atoms with van der Waals surface area (Å²) in [6, 6.07) is 27.7. The van der Waals surface area contributed by atoms with Gasteiger partial charge in [0.15, 0.2) is 0 Å². The van der Waals surface area contributed by atoms with E-state index in [2.05, 4.69) is 56.3 Å². The van der Waals surface area contributed by atoms with Gasteiger partial charge >= 0.3 is 14.2 Å². The Bertz CT molecular complexity index is 1280. The van der Waals surface area contributed by atoms with Gasteiger partial charge in [0, 0.05) is 24.0 Å². The molecule has 1 aliphatic heterocycles. The van der Waals surface area contributed by atoms with Crippen LogP contribution in [0.25, 0.3) is 21.5 Å². The molecular weight excluding hydrogens is 478 g/mol. The van der Waals surface area contributed by atoms with E-state index in [1.54, 1.807) is 19.9 Å². The van der Waals surface area contributed by atoms with Crippen LogP contribution in [0.4, 0.5) is 0 Å². The zero-order chi connectivity index (χ0) is 27.8. The molecule has 0 atom stereocenters. The van der Waals surface area contributed by atoms with E-state index >= 15 is 0 Å². The van der Waals surface area contributed by atoms with Crippen LogP contribution < -0.4 is 10.9 Å². The first kappa shape index (κ1) is 29.8. The first-order valence-corrected chi connectivity index (χ1v) is 12.8. The van der Waals surface area contributed by atoms with E-state index < -0.39 is 7.12 Å². The van der Waals surface area contributed by atoms with Gasteiger partial charge in [0.1, 0.15) is 0 Å². The third-order valence-electron chi connectivity index (χ3n) is 6.29. The average molecular weight is 516 g/mol. The zero-order valence-corrected chi connectivity index (χ0v) is 22.7. The van der Waals surface area contributed by atoms with Crippen molar-refractivity contribution in [2.45, 2.75) is 27.7 Å². The van der Waals surface area contributed by atoms with Gasteiger partial charge in [0.05, 0.1) is 13.2 Å². The maximum absolute atomic E-state index is 9.08. The minimum atomic E-state index is -1.40. The molecule has 6 nitrogen and oxygen atoms in total. The number of rotatable bonds is 4. The van der Waals surface area contributed by atoms with E-state index in [-0.39, 0.29) is 31.2 Å². The monoisotopic (exact) mass is 516 g/mol. The molecular formula is C30H38B2O6. The largest absolute Gasteiger partial charge is 0.494 e. The molecule has 38 heavy (non-hydrogen) atoms. The van der Waals surface area contributed by atoms with E-state index in [0.29, 0.717) is 5.46 Å². The van der Waals surface area contributed by atoms with Crippen molar-refractivity contribution in [2.75, 3.05) is 26.4 Å². The van der Waals surface area contributed by atoms with E-state index in [9.17, 15) is 0 Å². The van der Waals surface area contributed by atoms with Crippen molar-refractivity contribution in [3.05, 3.63) is 84.9 Å². The Morgan fingerprint density at radius 2 is 1.21 bits per heavy atom. The molecule has 0 unspecified atom stereocenters. The lowest BCUT2D eigenvalue weighted by Crippen LogP contribution is -2.47. The van der Waals surface area contributed by atoms with E-state index in [4.69, 9.17) is 29.6 Å². The summed E-state index contributed by atoms with van der Waals surface area (Å²) in [5, 5.41) is 39.4. The second-order valence-corrected chi connectivity index (χ2v) is 11.1. The molecule has 0 amide bonds. The molecule has 0 radical (unpaired) electrons. The molecule has 1 aliphatic rings. The average Bonchev–Trinajstić information content (AvgIpc) is 2.93. The quantitative estimate of drug-likeness (QED) is 0.312. The Kier molecular flexibility index (Phi) is 10.5. The molecule has 0 spiro atoms. The van der Waals surface area contributed by atoms with Gasteiger partial charge in [-0.1, -0.05) is 113 Å². The van der Waals surface area contributed by atoms with Gasteiger partial charge < -0.3 is 29.6 Å². The predicted molar refractivity (Wildman–Crippen MR) is 157 cm³/mol. The number of fused-ring (bicyclic) bond motifs is 2. The Morgan fingerprint density at radius 3 is 1.74 bits per heavy atom. The third-order valence-corrected chi connectivity index (χ3v) is 6.29. The lowest BCUT2D eigenvalue weighted by molar-refractivity contribution is 0.0344. The van der Waals surface area contributed by atoms with Gasteiger partial charge in [-0.3, -0.25) is 0 Å². The fraction of sp³-hybridized carbons (Fsp3) is 0.333. The van der Waals surface area contributed by atoms with Crippen LogP contribution >= 0.6 is 0 Å². The summed E-state index contributed by atoms with van der Waals surface area (Å²) in [5.41, 5.74) is 1.49. The van der Waals surface area contributed by atoms with Crippen molar-refractivity contribution in [1.82, 2.24) is 0 Å². The summed E-state index contributed by atoms with van der Waals surface area (Å²) in [4.78, 5) is 0. The standard InChI is InChI=1S/C15H17BO2.C10H9BO2.C5H12O2/c1-15(2)10-17-16(18-11-15)14-9-5-7-12-6-3-4-8-13(12)14;12-11(13)10-7-3-5-8-4-1-2-6-9(8)10;1-5(2,3-6)4-7/h3-9H,10-11H2,1-2H3;1-7,12-13H;6-7H,3-4H2,1-2H3. The zero-order valence-electron chi connectivity index (χ0n) is 22.7. The third kappa shape index (κ3) is 8.14. The Labute approximate surface area is 226 Å². The van der Waals surface area contributed by atoms with Crippen molar-refractivity contribution >= 4 is 46.7 Å². The van der Waals surface area contributed by atoms with Crippen LogP contribution in [0.3, 0.4) is 0 Å². The summed E-state index contributed by atoms with van der Waals surface area (Å²) < 4.78 is 11.7. The fourth-order valence-corrected chi connectivity index (χ4v) is 3.85. The normalized spacial score (nSPS) is 14.8. The van der Waals surface area contributed by atoms with Crippen molar-refractivity contribution in [3.63, 3.8) is 0 Å². The first-order chi connectivity index (χ1) is 18.1. The Hall–Kier alpha value is -2.71. The maximum atomic E-state index is 9.08. The van der Waals surface area contributed by atoms with Crippen LogP contribution in [-0.4, -0.2) is 60.9 Å². The van der Waals surface area contributed by atoms with Gasteiger partial charge in [0.2, 0.25) is 0 Å². The van der Waals surface area contributed by atoms with Crippen molar-refractivity contribution in [1.29, 1.82) is 0 Å². The second kappa shape index (κ2) is 13.4. The fourth-order valence-electron chi connectivity index (χ4n) is 3.85. The van der Waals surface area contributed by atoms with Crippen LogP contribution in [0, 0.1) is 10.8 Å². The smallest absolute Gasteiger partial charge is 0.423 e. The summed E-state index contributed by atoms with van der Waals surface area (Å²) in [6.07, 6.45) is 0.